The molecule has 3 nitrogen and oxygen atoms in total. The summed E-state index contributed by atoms with van der Waals surface area (Å²) in [6.07, 6.45) is 6.21. The molecule has 4 heteroatoms. The molecule has 1 aromatic rings. The van der Waals surface area contributed by atoms with Crippen molar-refractivity contribution in [3.8, 4) is 0 Å². The number of carbonyl (C=O) groups is 1. The van der Waals surface area contributed by atoms with Crippen LogP contribution in [0.1, 0.15) is 32.1 Å². The smallest absolute Gasteiger partial charge is 0.231 e. The van der Waals surface area contributed by atoms with E-state index in [0.717, 1.165) is 38.3 Å². The van der Waals surface area contributed by atoms with E-state index in [0.29, 0.717) is 5.02 Å². The van der Waals surface area contributed by atoms with E-state index in [9.17, 15) is 4.79 Å². The molecular weight excluding hydrogens is 284 g/mol. The molecule has 0 bridgehead atoms. The molecular formula is C17H23ClN2O. The number of amides is 1. The first-order chi connectivity index (χ1) is 10.2. The van der Waals surface area contributed by atoms with Crippen molar-refractivity contribution >= 4 is 23.2 Å². The molecule has 114 valence electrons. The van der Waals surface area contributed by atoms with E-state index in [-0.39, 0.29) is 11.8 Å². The molecule has 1 amide bonds. The van der Waals surface area contributed by atoms with Gasteiger partial charge in [-0.1, -0.05) is 24.4 Å². The van der Waals surface area contributed by atoms with Gasteiger partial charge in [0.2, 0.25) is 5.91 Å². The highest BCUT2D eigenvalue weighted by atomic mass is 35.5. The molecule has 0 radical (unpaired) electrons. The highest BCUT2D eigenvalue weighted by Gasteiger charge is 2.33. The van der Waals surface area contributed by atoms with Gasteiger partial charge in [-0.2, -0.15) is 0 Å². The van der Waals surface area contributed by atoms with E-state index >= 15 is 0 Å². The van der Waals surface area contributed by atoms with Gasteiger partial charge < -0.3 is 9.80 Å². The zero-order chi connectivity index (χ0) is 14.7. The fourth-order valence-electron chi connectivity index (χ4n) is 3.42. The van der Waals surface area contributed by atoms with Crippen LogP contribution in [0.5, 0.6) is 0 Å². The fourth-order valence-corrected chi connectivity index (χ4v) is 3.54. The molecule has 0 aliphatic carbocycles. The largest absolute Gasteiger partial charge is 0.312 e. The second kappa shape index (κ2) is 6.80. The first kappa shape index (κ1) is 14.9. The third-order valence-corrected chi connectivity index (χ3v) is 4.88. The molecule has 0 spiro atoms. The minimum absolute atomic E-state index is 0.166. The van der Waals surface area contributed by atoms with Crippen molar-refractivity contribution in [2.75, 3.05) is 31.1 Å². The van der Waals surface area contributed by atoms with E-state index in [2.05, 4.69) is 4.90 Å². The van der Waals surface area contributed by atoms with E-state index in [1.807, 2.05) is 29.2 Å². The van der Waals surface area contributed by atoms with Gasteiger partial charge in [-0.05, 0) is 56.6 Å². The van der Waals surface area contributed by atoms with Crippen molar-refractivity contribution in [2.24, 2.45) is 5.92 Å². The van der Waals surface area contributed by atoms with Gasteiger partial charge >= 0.3 is 0 Å². The number of nitrogens with zero attached hydrogens (tertiary/aromatic N) is 2. The van der Waals surface area contributed by atoms with Gasteiger partial charge in [0.15, 0.2) is 0 Å². The van der Waals surface area contributed by atoms with Crippen LogP contribution in [-0.2, 0) is 4.79 Å². The Morgan fingerprint density at radius 3 is 2.33 bits per heavy atom. The Bertz CT molecular complexity index is 480. The van der Waals surface area contributed by atoms with Crippen molar-refractivity contribution in [1.29, 1.82) is 0 Å². The highest BCUT2D eigenvalue weighted by Crippen LogP contribution is 2.27. The SMILES string of the molecule is O=C1C(CN2CCCCCC2)CCN1c1ccc(Cl)cc1. The number of rotatable bonds is 3. The maximum absolute atomic E-state index is 12.6. The Morgan fingerprint density at radius 2 is 1.67 bits per heavy atom. The van der Waals surface area contributed by atoms with Crippen LogP contribution in [0.2, 0.25) is 5.02 Å². The maximum Gasteiger partial charge on any atom is 0.231 e. The fraction of sp³-hybridized carbons (Fsp3) is 0.588. The Hall–Kier alpha value is -1.06. The van der Waals surface area contributed by atoms with Crippen LogP contribution in [-0.4, -0.2) is 37.0 Å². The molecule has 0 saturated carbocycles. The summed E-state index contributed by atoms with van der Waals surface area (Å²) in [6.45, 7) is 4.08. The number of likely N-dealkylation sites (tertiary alicyclic amines) is 1. The molecule has 1 atom stereocenters. The summed E-state index contributed by atoms with van der Waals surface area (Å²) in [6, 6.07) is 7.59. The molecule has 21 heavy (non-hydrogen) atoms. The van der Waals surface area contributed by atoms with Crippen molar-refractivity contribution < 1.29 is 4.79 Å². The summed E-state index contributed by atoms with van der Waals surface area (Å²) >= 11 is 5.92. The standard InChI is InChI=1S/C17H23ClN2O/c18-15-5-7-16(8-6-15)20-12-9-14(17(20)21)13-19-10-3-1-2-4-11-19/h5-8,14H,1-4,9-13H2. The van der Waals surface area contributed by atoms with Crippen LogP contribution in [0.4, 0.5) is 5.69 Å². The summed E-state index contributed by atoms with van der Waals surface area (Å²) < 4.78 is 0. The predicted molar refractivity (Wildman–Crippen MR) is 86.8 cm³/mol. The Morgan fingerprint density at radius 1 is 1.00 bits per heavy atom. The van der Waals surface area contributed by atoms with E-state index in [4.69, 9.17) is 11.6 Å². The lowest BCUT2D eigenvalue weighted by atomic mass is 10.1. The molecule has 1 aromatic carbocycles. The molecule has 0 aromatic heterocycles. The maximum atomic E-state index is 12.6. The van der Waals surface area contributed by atoms with Crippen LogP contribution in [0.3, 0.4) is 0 Å². The van der Waals surface area contributed by atoms with Crippen LogP contribution < -0.4 is 4.90 Å². The number of benzene rings is 1. The first-order valence-electron chi connectivity index (χ1n) is 8.03. The third-order valence-electron chi connectivity index (χ3n) is 4.63. The van der Waals surface area contributed by atoms with Gasteiger partial charge in [0.1, 0.15) is 0 Å². The van der Waals surface area contributed by atoms with Gasteiger partial charge in [-0.3, -0.25) is 4.79 Å². The lowest BCUT2D eigenvalue weighted by Gasteiger charge is -2.23. The summed E-state index contributed by atoms with van der Waals surface area (Å²) in [5.41, 5.74) is 0.975. The average Bonchev–Trinajstić information content (AvgIpc) is 2.70. The Labute approximate surface area is 131 Å². The van der Waals surface area contributed by atoms with Crippen molar-refractivity contribution in [1.82, 2.24) is 4.90 Å². The molecule has 2 aliphatic heterocycles. The number of halogens is 1. The monoisotopic (exact) mass is 306 g/mol. The van der Waals surface area contributed by atoms with Crippen molar-refractivity contribution in [3.05, 3.63) is 29.3 Å². The minimum Gasteiger partial charge on any atom is -0.312 e. The number of anilines is 1. The molecule has 2 heterocycles. The topological polar surface area (TPSA) is 23.6 Å². The van der Waals surface area contributed by atoms with Gasteiger partial charge in [0.05, 0.1) is 5.92 Å². The molecule has 1 unspecified atom stereocenters. The Balaban J connectivity index is 1.61. The zero-order valence-electron chi connectivity index (χ0n) is 12.4. The lowest BCUT2D eigenvalue weighted by molar-refractivity contribution is -0.120. The third kappa shape index (κ3) is 3.58. The average molecular weight is 307 g/mol. The molecule has 3 rings (SSSR count). The number of hydrogen-bond donors (Lipinski definition) is 0. The Kier molecular flexibility index (Phi) is 4.81. The van der Waals surface area contributed by atoms with Gasteiger partial charge in [-0.15, -0.1) is 0 Å². The van der Waals surface area contributed by atoms with E-state index in [1.165, 1.54) is 25.7 Å². The lowest BCUT2D eigenvalue weighted by Crippen LogP contribution is -2.35. The highest BCUT2D eigenvalue weighted by molar-refractivity contribution is 6.30. The van der Waals surface area contributed by atoms with Gasteiger partial charge in [0.25, 0.3) is 0 Å². The van der Waals surface area contributed by atoms with Crippen molar-refractivity contribution in [3.63, 3.8) is 0 Å². The van der Waals surface area contributed by atoms with Gasteiger partial charge in [-0.25, -0.2) is 0 Å². The van der Waals surface area contributed by atoms with Crippen LogP contribution in [0, 0.1) is 5.92 Å². The number of hydrogen-bond acceptors (Lipinski definition) is 2. The summed E-state index contributed by atoms with van der Waals surface area (Å²) in [5.74, 6) is 0.445. The summed E-state index contributed by atoms with van der Waals surface area (Å²) in [5, 5.41) is 0.714. The second-order valence-electron chi connectivity index (χ2n) is 6.17. The predicted octanol–water partition coefficient (Wildman–Crippen LogP) is 3.57. The summed E-state index contributed by atoms with van der Waals surface area (Å²) in [4.78, 5) is 17.0. The normalized spacial score (nSPS) is 24.3. The van der Waals surface area contributed by atoms with Gasteiger partial charge in [0, 0.05) is 23.8 Å². The van der Waals surface area contributed by atoms with Crippen LogP contribution in [0.25, 0.3) is 0 Å². The molecule has 0 N–H and O–H groups in total. The van der Waals surface area contributed by atoms with E-state index in [1.54, 1.807) is 0 Å². The quantitative estimate of drug-likeness (QED) is 0.852. The first-order valence-corrected chi connectivity index (χ1v) is 8.41. The zero-order valence-corrected chi connectivity index (χ0v) is 13.2. The number of carbonyl (C=O) groups excluding carboxylic acids is 1. The molecule has 2 fully saturated rings. The summed E-state index contributed by atoms with van der Waals surface area (Å²) in [7, 11) is 0. The van der Waals surface area contributed by atoms with E-state index < -0.39 is 0 Å². The molecule has 2 saturated heterocycles. The van der Waals surface area contributed by atoms with Crippen LogP contribution in [0.15, 0.2) is 24.3 Å². The van der Waals surface area contributed by atoms with Crippen molar-refractivity contribution in [2.45, 2.75) is 32.1 Å². The second-order valence-corrected chi connectivity index (χ2v) is 6.60. The molecule has 2 aliphatic rings. The van der Waals surface area contributed by atoms with Crippen LogP contribution >= 0.6 is 11.6 Å². The minimum atomic E-state index is 0.166.